The predicted octanol–water partition coefficient (Wildman–Crippen LogP) is 3.26. The van der Waals surface area contributed by atoms with E-state index < -0.39 is 0 Å². The zero-order valence-electron chi connectivity index (χ0n) is 14.1. The Morgan fingerprint density at radius 1 is 0.650 bits per heavy atom. The first kappa shape index (κ1) is 27.7. The molecule has 0 saturated heterocycles. The number of hydrogen-bond donors (Lipinski definition) is 4. The molecule has 0 aromatic heterocycles. The zero-order valence-corrected chi connectivity index (χ0v) is 15.7. The lowest BCUT2D eigenvalue weighted by molar-refractivity contribution is 0.544. The summed E-state index contributed by atoms with van der Waals surface area (Å²) >= 11 is 8.19. The fourth-order valence-electron chi connectivity index (χ4n) is 0.577. The van der Waals surface area contributed by atoms with E-state index in [4.69, 9.17) is 0 Å². The van der Waals surface area contributed by atoms with E-state index in [2.05, 4.69) is 88.9 Å². The van der Waals surface area contributed by atoms with E-state index in [0.717, 1.165) is 11.8 Å². The molecule has 0 atom stereocenters. The van der Waals surface area contributed by atoms with Crippen molar-refractivity contribution in [3.63, 3.8) is 0 Å². The van der Waals surface area contributed by atoms with Crippen molar-refractivity contribution in [2.45, 2.75) is 67.2 Å². The largest absolute Gasteiger partial charge is 0.377 e. The first-order valence-corrected chi connectivity index (χ1v) is 8.00. The Morgan fingerprint density at radius 3 is 0.750 bits per heavy atom. The molecule has 20 heavy (non-hydrogen) atoms. The van der Waals surface area contributed by atoms with Gasteiger partial charge in [0.15, 0.2) is 10.2 Å². The van der Waals surface area contributed by atoms with Gasteiger partial charge in [-0.05, 0) is 36.3 Å². The number of hydrogen-bond acceptors (Lipinski definition) is 2. The summed E-state index contributed by atoms with van der Waals surface area (Å²) in [5.74, 6) is 1.87. The molecule has 124 valence electrons. The van der Waals surface area contributed by atoms with Crippen LogP contribution in [0.15, 0.2) is 0 Å². The molecule has 0 aliphatic carbocycles. The van der Waals surface area contributed by atoms with Crippen molar-refractivity contribution in [2.24, 2.45) is 34.8 Å². The van der Waals surface area contributed by atoms with Crippen LogP contribution in [0.4, 0.5) is 0 Å². The van der Waals surface area contributed by atoms with Crippen molar-refractivity contribution in [1.82, 2.24) is 0 Å². The lowest BCUT2D eigenvalue weighted by Gasteiger charge is -1.98. The molecule has 0 amide bonds. The first-order chi connectivity index (χ1) is 9.08. The van der Waals surface area contributed by atoms with Gasteiger partial charge in [0.1, 0.15) is 0 Å². The van der Waals surface area contributed by atoms with E-state index in [1.807, 2.05) is 0 Å². The van der Waals surface area contributed by atoms with Gasteiger partial charge in [-0.25, -0.2) is 0 Å². The molecule has 6 heteroatoms. The minimum absolute atomic E-state index is 0.000000000000000222. The number of nitrogens with two attached hydrogens (primary N) is 4. The van der Waals surface area contributed by atoms with Crippen LogP contribution in [-0.2, 0) is 0 Å². The molecule has 0 bridgehead atoms. The highest BCUT2D eigenvalue weighted by Gasteiger charge is 1.89. The molecule has 0 saturated carbocycles. The van der Waals surface area contributed by atoms with Gasteiger partial charge in [-0.2, -0.15) is 0 Å². The summed E-state index contributed by atoms with van der Waals surface area (Å²) in [4.78, 5) is 0. The van der Waals surface area contributed by atoms with Crippen molar-refractivity contribution in [2.75, 3.05) is 0 Å². The molecular formula is C14H36N4S2. The second kappa shape index (κ2) is 23.5. The van der Waals surface area contributed by atoms with Crippen LogP contribution in [-0.4, -0.2) is 10.2 Å². The fourth-order valence-corrected chi connectivity index (χ4v) is 0.577. The maximum Gasteiger partial charge on any atom is 0.160 e. The van der Waals surface area contributed by atoms with E-state index in [9.17, 15) is 0 Å². The monoisotopic (exact) mass is 324 g/mol. The molecule has 0 aromatic rings. The van der Waals surface area contributed by atoms with Gasteiger partial charge in [0.25, 0.3) is 0 Å². The summed E-state index contributed by atoms with van der Waals surface area (Å²) in [5, 5.41) is 0.000000000000000444. The minimum atomic E-state index is 0.000000000000000222. The van der Waals surface area contributed by atoms with Crippen LogP contribution in [0.25, 0.3) is 0 Å². The summed E-state index contributed by atoms with van der Waals surface area (Å²) in [6.07, 6.45) is 5.32. The van der Waals surface area contributed by atoms with E-state index in [1.165, 1.54) is 25.7 Å². The Hall–Kier alpha value is -0.620. The average Bonchev–Trinajstić information content (AvgIpc) is 2.36. The summed E-state index contributed by atoms with van der Waals surface area (Å²) in [5.41, 5.74) is 18.5. The second-order valence-corrected chi connectivity index (χ2v) is 5.59. The van der Waals surface area contributed by atoms with Crippen LogP contribution in [0.5, 0.6) is 0 Å². The Balaban J connectivity index is -0.0000000871. The van der Waals surface area contributed by atoms with Crippen LogP contribution in [0.3, 0.4) is 0 Å². The quantitative estimate of drug-likeness (QED) is 0.592. The van der Waals surface area contributed by atoms with Crippen LogP contribution < -0.4 is 22.9 Å². The highest BCUT2D eigenvalue weighted by molar-refractivity contribution is 7.80. The Bertz CT molecular complexity index is 173. The van der Waals surface area contributed by atoms with Crippen molar-refractivity contribution in [3.05, 3.63) is 0 Å². The summed E-state index contributed by atoms with van der Waals surface area (Å²) in [6.45, 7) is 13.5. The summed E-state index contributed by atoms with van der Waals surface area (Å²) in [6, 6.07) is 0. The Morgan fingerprint density at radius 2 is 0.750 bits per heavy atom. The lowest BCUT2D eigenvalue weighted by Crippen LogP contribution is -2.18. The van der Waals surface area contributed by atoms with Gasteiger partial charge in [-0.1, -0.05) is 67.2 Å². The Labute approximate surface area is 137 Å². The normalized spacial score (nSPS) is 8.40. The van der Waals surface area contributed by atoms with E-state index in [1.54, 1.807) is 0 Å². The standard InChI is InChI=1S/2C6H14.2CH4N2S/c2*1-4-6(3)5-2;2*2-1(3)4/h2*6H,4-5H2,1-3H3;2*(H4,2,3,4). The molecule has 8 N–H and O–H groups in total. The molecule has 0 unspecified atom stereocenters. The van der Waals surface area contributed by atoms with E-state index in [-0.39, 0.29) is 10.2 Å². The average molecular weight is 325 g/mol. The molecule has 0 radical (unpaired) electrons. The molecule has 0 aliphatic rings. The number of rotatable bonds is 4. The maximum atomic E-state index is 4.62. The minimum Gasteiger partial charge on any atom is -0.377 e. The maximum absolute atomic E-state index is 4.62. The van der Waals surface area contributed by atoms with E-state index >= 15 is 0 Å². The third kappa shape index (κ3) is 85.6. The topological polar surface area (TPSA) is 104 Å². The summed E-state index contributed by atoms with van der Waals surface area (Å²) in [7, 11) is 0. The van der Waals surface area contributed by atoms with Crippen molar-refractivity contribution < 1.29 is 0 Å². The van der Waals surface area contributed by atoms with Crippen LogP contribution in [0.2, 0.25) is 0 Å². The summed E-state index contributed by atoms with van der Waals surface area (Å²) < 4.78 is 0. The van der Waals surface area contributed by atoms with Gasteiger partial charge in [0.05, 0.1) is 0 Å². The molecule has 0 rings (SSSR count). The molecule has 0 fully saturated rings. The lowest BCUT2D eigenvalue weighted by atomic mass is 10.1. The van der Waals surface area contributed by atoms with Crippen molar-refractivity contribution >= 4 is 34.7 Å². The van der Waals surface area contributed by atoms with Crippen LogP contribution in [0, 0.1) is 11.8 Å². The molecule has 0 aliphatic heterocycles. The van der Waals surface area contributed by atoms with Gasteiger partial charge in [-0.15, -0.1) is 0 Å². The molecule has 0 heterocycles. The SMILES string of the molecule is CCC(C)CC.CCC(C)CC.NC(N)=S.NC(N)=S. The highest BCUT2D eigenvalue weighted by atomic mass is 32.1. The third-order valence-electron chi connectivity index (χ3n) is 2.79. The predicted molar refractivity (Wildman–Crippen MR) is 101 cm³/mol. The van der Waals surface area contributed by atoms with Gasteiger partial charge in [0, 0.05) is 0 Å². The molecular weight excluding hydrogens is 288 g/mol. The van der Waals surface area contributed by atoms with Gasteiger partial charge >= 0.3 is 0 Å². The third-order valence-corrected chi connectivity index (χ3v) is 2.79. The van der Waals surface area contributed by atoms with Gasteiger partial charge < -0.3 is 22.9 Å². The smallest absolute Gasteiger partial charge is 0.160 e. The van der Waals surface area contributed by atoms with Gasteiger partial charge in [-0.3, -0.25) is 0 Å². The second-order valence-electron chi connectivity index (χ2n) is 4.65. The van der Waals surface area contributed by atoms with Crippen molar-refractivity contribution in [3.8, 4) is 0 Å². The molecule has 0 aromatic carbocycles. The molecule has 0 spiro atoms. The highest BCUT2D eigenvalue weighted by Crippen LogP contribution is 2.03. The first-order valence-electron chi connectivity index (χ1n) is 7.18. The van der Waals surface area contributed by atoms with Crippen molar-refractivity contribution in [1.29, 1.82) is 0 Å². The fraction of sp³-hybridized carbons (Fsp3) is 0.857. The van der Waals surface area contributed by atoms with Crippen LogP contribution in [0.1, 0.15) is 67.2 Å². The Kier molecular flexibility index (Phi) is 32.5. The van der Waals surface area contributed by atoms with Crippen LogP contribution >= 0.6 is 24.4 Å². The number of thiocarbonyl (C=S) groups is 2. The van der Waals surface area contributed by atoms with Gasteiger partial charge in [0.2, 0.25) is 0 Å². The van der Waals surface area contributed by atoms with E-state index in [0.29, 0.717) is 0 Å². The molecule has 4 nitrogen and oxygen atoms in total. The zero-order chi connectivity index (χ0) is 17.1.